The fourth-order valence-corrected chi connectivity index (χ4v) is 3.10. The van der Waals surface area contributed by atoms with Crippen molar-refractivity contribution in [1.82, 2.24) is 9.97 Å². The van der Waals surface area contributed by atoms with Crippen molar-refractivity contribution in [1.29, 1.82) is 0 Å². The molecule has 2 heterocycles. The monoisotopic (exact) mass is 327 g/mol. The van der Waals surface area contributed by atoms with Gasteiger partial charge in [0.1, 0.15) is 11.5 Å². The van der Waals surface area contributed by atoms with Crippen LogP contribution >= 0.6 is 11.8 Å². The third kappa shape index (κ3) is 3.27. The van der Waals surface area contributed by atoms with Crippen LogP contribution in [0.4, 0.5) is 17.3 Å². The van der Waals surface area contributed by atoms with E-state index in [0.717, 1.165) is 29.5 Å². The van der Waals surface area contributed by atoms with Gasteiger partial charge in [0.05, 0.1) is 6.54 Å². The predicted molar refractivity (Wildman–Crippen MR) is 97.6 cm³/mol. The van der Waals surface area contributed by atoms with Gasteiger partial charge in [-0.15, -0.1) is 0 Å². The van der Waals surface area contributed by atoms with E-state index in [-0.39, 0.29) is 0 Å². The molecule has 3 N–H and O–H groups in total. The van der Waals surface area contributed by atoms with Gasteiger partial charge in [-0.2, -0.15) is 0 Å². The van der Waals surface area contributed by atoms with Gasteiger partial charge < -0.3 is 16.0 Å². The summed E-state index contributed by atoms with van der Waals surface area (Å²) in [5, 5.41) is 3.92. The summed E-state index contributed by atoms with van der Waals surface area (Å²) < 4.78 is 0. The van der Waals surface area contributed by atoms with Crippen LogP contribution in [-0.2, 0) is 6.54 Å². The molecule has 0 unspecified atom stereocenters. The van der Waals surface area contributed by atoms with Gasteiger partial charge in [-0.1, -0.05) is 55.1 Å². The number of hydrogen-bond donors (Lipinski definition) is 2. The first-order valence-corrected chi connectivity index (χ1v) is 8.66. The van der Waals surface area contributed by atoms with Crippen molar-refractivity contribution in [2.75, 3.05) is 21.7 Å². The lowest BCUT2D eigenvalue weighted by Crippen LogP contribution is -2.20. The highest BCUT2D eigenvalue weighted by Crippen LogP contribution is 2.39. The molecule has 0 aliphatic carbocycles. The molecule has 0 saturated carbocycles. The lowest BCUT2D eigenvalue weighted by atomic mass is 10.1. The normalized spacial score (nSPS) is 13.1. The molecule has 0 amide bonds. The Morgan fingerprint density at radius 3 is 2.70 bits per heavy atom. The summed E-state index contributed by atoms with van der Waals surface area (Å²) in [6, 6.07) is 8.47. The second kappa shape index (κ2) is 6.50. The molecule has 23 heavy (non-hydrogen) atoms. The molecule has 1 aliphatic rings. The van der Waals surface area contributed by atoms with E-state index in [2.05, 4.69) is 60.0 Å². The average Bonchev–Trinajstić information content (AvgIpc) is 2.84. The SMILES string of the molecule is C=C1Nc2c(N)nc(SCCC)nc2N1Cc1ccc(C)cc1. The van der Waals surface area contributed by atoms with Gasteiger partial charge in [-0.3, -0.25) is 0 Å². The quantitative estimate of drug-likeness (QED) is 0.643. The minimum absolute atomic E-state index is 0.473. The van der Waals surface area contributed by atoms with Crippen molar-refractivity contribution in [2.45, 2.75) is 32.0 Å². The second-order valence-electron chi connectivity index (χ2n) is 5.58. The second-order valence-corrected chi connectivity index (χ2v) is 6.64. The van der Waals surface area contributed by atoms with E-state index in [1.54, 1.807) is 11.8 Å². The lowest BCUT2D eigenvalue weighted by Gasteiger charge is -2.18. The summed E-state index contributed by atoms with van der Waals surface area (Å²) in [5.74, 6) is 3.03. The van der Waals surface area contributed by atoms with Gasteiger partial charge in [0, 0.05) is 5.75 Å². The van der Waals surface area contributed by atoms with Gasteiger partial charge in [0.25, 0.3) is 0 Å². The number of thioether (sulfide) groups is 1. The van der Waals surface area contributed by atoms with Crippen LogP contribution in [0, 0.1) is 6.92 Å². The molecule has 1 aromatic carbocycles. The van der Waals surface area contributed by atoms with E-state index in [1.165, 1.54) is 11.1 Å². The Labute approximate surface area is 141 Å². The summed E-state index contributed by atoms with van der Waals surface area (Å²) in [6.45, 7) is 9.00. The minimum atomic E-state index is 0.473. The molecule has 1 aromatic heterocycles. The average molecular weight is 327 g/mol. The number of hydrogen-bond acceptors (Lipinski definition) is 6. The van der Waals surface area contributed by atoms with Crippen LogP contribution in [-0.4, -0.2) is 15.7 Å². The minimum Gasteiger partial charge on any atom is -0.382 e. The maximum atomic E-state index is 6.09. The van der Waals surface area contributed by atoms with Crippen molar-refractivity contribution in [3.63, 3.8) is 0 Å². The third-order valence-corrected chi connectivity index (χ3v) is 4.70. The first-order valence-electron chi connectivity index (χ1n) is 7.67. The van der Waals surface area contributed by atoms with E-state index in [9.17, 15) is 0 Å². The summed E-state index contributed by atoms with van der Waals surface area (Å²) in [7, 11) is 0. The van der Waals surface area contributed by atoms with Crippen LogP contribution in [0.25, 0.3) is 0 Å². The highest BCUT2D eigenvalue weighted by molar-refractivity contribution is 7.99. The Hall–Kier alpha value is -2.21. The van der Waals surface area contributed by atoms with Crippen molar-refractivity contribution in [3.8, 4) is 0 Å². The number of anilines is 3. The molecule has 0 atom stereocenters. The highest BCUT2D eigenvalue weighted by atomic mass is 32.2. The number of fused-ring (bicyclic) bond motifs is 1. The van der Waals surface area contributed by atoms with Crippen LogP contribution in [0.2, 0.25) is 0 Å². The van der Waals surface area contributed by atoms with Gasteiger partial charge in [-0.05, 0) is 18.9 Å². The zero-order valence-electron chi connectivity index (χ0n) is 13.5. The number of nitrogens with one attached hydrogen (secondary N) is 1. The van der Waals surface area contributed by atoms with Crippen LogP contribution < -0.4 is 16.0 Å². The Morgan fingerprint density at radius 2 is 2.00 bits per heavy atom. The molecule has 0 bridgehead atoms. The number of nitrogens with zero attached hydrogens (tertiary/aromatic N) is 3. The summed E-state index contributed by atoms with van der Waals surface area (Å²) >= 11 is 1.63. The van der Waals surface area contributed by atoms with Crippen molar-refractivity contribution < 1.29 is 0 Å². The molecule has 3 rings (SSSR count). The molecular formula is C17H21N5S. The van der Waals surface area contributed by atoms with Gasteiger partial charge in [0.15, 0.2) is 16.8 Å². The van der Waals surface area contributed by atoms with Crippen LogP contribution in [0.1, 0.15) is 24.5 Å². The number of rotatable bonds is 5. The van der Waals surface area contributed by atoms with Gasteiger partial charge in [-0.25, -0.2) is 9.97 Å². The first kappa shape index (κ1) is 15.7. The first-order chi connectivity index (χ1) is 11.1. The molecule has 5 nitrogen and oxygen atoms in total. The van der Waals surface area contributed by atoms with E-state index >= 15 is 0 Å². The standard InChI is InChI=1S/C17H21N5S/c1-4-9-23-17-20-15(18)14-16(21-17)22(12(3)19-14)10-13-7-5-11(2)6-8-13/h5-8,19H,3-4,9-10H2,1-2H3,(H2,18,20,21). The van der Waals surface area contributed by atoms with Crippen LogP contribution in [0.5, 0.6) is 0 Å². The number of nitrogens with two attached hydrogens (primary N) is 1. The topological polar surface area (TPSA) is 67.1 Å². The molecule has 0 fully saturated rings. The maximum absolute atomic E-state index is 6.09. The largest absolute Gasteiger partial charge is 0.382 e. The Morgan fingerprint density at radius 1 is 1.26 bits per heavy atom. The van der Waals surface area contributed by atoms with Crippen LogP contribution in [0.15, 0.2) is 41.8 Å². The fraction of sp³-hybridized carbons (Fsp3) is 0.294. The fourth-order valence-electron chi connectivity index (χ4n) is 2.40. The van der Waals surface area contributed by atoms with E-state index < -0.39 is 0 Å². The van der Waals surface area contributed by atoms with Crippen molar-refractivity contribution >= 4 is 29.1 Å². The molecule has 0 saturated heterocycles. The third-order valence-electron chi connectivity index (χ3n) is 3.64. The lowest BCUT2D eigenvalue weighted by molar-refractivity contribution is 0.890. The smallest absolute Gasteiger partial charge is 0.191 e. The number of nitrogen functional groups attached to an aromatic ring is 1. The van der Waals surface area contributed by atoms with Crippen molar-refractivity contribution in [3.05, 3.63) is 47.8 Å². The van der Waals surface area contributed by atoms with E-state index in [1.807, 2.05) is 4.90 Å². The molecule has 1 aliphatic heterocycles. The predicted octanol–water partition coefficient (Wildman–Crippen LogP) is 3.77. The Balaban J connectivity index is 1.90. The van der Waals surface area contributed by atoms with Crippen LogP contribution in [0.3, 0.4) is 0 Å². The van der Waals surface area contributed by atoms with Crippen molar-refractivity contribution in [2.24, 2.45) is 0 Å². The number of benzene rings is 1. The molecule has 0 radical (unpaired) electrons. The molecule has 6 heteroatoms. The summed E-state index contributed by atoms with van der Waals surface area (Å²) in [5.41, 5.74) is 9.29. The van der Waals surface area contributed by atoms with Gasteiger partial charge in [0.2, 0.25) is 0 Å². The zero-order chi connectivity index (χ0) is 16.4. The van der Waals surface area contributed by atoms with E-state index in [0.29, 0.717) is 17.5 Å². The van der Waals surface area contributed by atoms with Gasteiger partial charge >= 0.3 is 0 Å². The zero-order valence-corrected chi connectivity index (χ0v) is 14.3. The highest BCUT2D eigenvalue weighted by Gasteiger charge is 2.27. The summed E-state index contributed by atoms with van der Waals surface area (Å²) in [4.78, 5) is 11.1. The summed E-state index contributed by atoms with van der Waals surface area (Å²) in [6.07, 6.45) is 1.07. The number of aryl methyl sites for hydroxylation is 1. The molecule has 120 valence electrons. The molecular weight excluding hydrogens is 306 g/mol. The number of aromatic nitrogens is 2. The maximum Gasteiger partial charge on any atom is 0.191 e. The Bertz CT molecular complexity index is 727. The van der Waals surface area contributed by atoms with E-state index in [4.69, 9.17) is 5.73 Å². The molecule has 2 aromatic rings. The molecule has 0 spiro atoms. The Kier molecular flexibility index (Phi) is 4.43.